The zero-order valence-corrected chi connectivity index (χ0v) is 14.9. The first-order chi connectivity index (χ1) is 12.2. The van der Waals surface area contributed by atoms with Gasteiger partial charge in [0.15, 0.2) is 0 Å². The largest absolute Gasteiger partial charge is 0.395 e. The monoisotopic (exact) mass is 341 g/mol. The smallest absolute Gasteiger partial charge is 0.252 e. The standard InChI is InChI=1S/C20H27N3O2/c1-15-6-7-19-18(13-15)17(8-10-21-19)20(25)22-9-4-12-23-11-3-2-5-16(23)14-24/h6-8,10,13,16,24H,2-5,9,11-12,14H2,1H3,(H,22,25)/t16-/m1/s1. The fourth-order valence-electron chi connectivity index (χ4n) is 3.60. The van der Waals surface area contributed by atoms with Crippen LogP contribution in [0.3, 0.4) is 0 Å². The van der Waals surface area contributed by atoms with Crippen molar-refractivity contribution in [2.24, 2.45) is 0 Å². The summed E-state index contributed by atoms with van der Waals surface area (Å²) < 4.78 is 0. The first-order valence-electron chi connectivity index (χ1n) is 9.17. The van der Waals surface area contributed by atoms with E-state index in [0.29, 0.717) is 12.1 Å². The van der Waals surface area contributed by atoms with E-state index in [-0.39, 0.29) is 18.6 Å². The van der Waals surface area contributed by atoms with Crippen LogP contribution in [-0.2, 0) is 0 Å². The Labute approximate surface area is 149 Å². The Kier molecular flexibility index (Phi) is 6.00. The molecule has 0 saturated carbocycles. The molecule has 1 amide bonds. The van der Waals surface area contributed by atoms with Crippen molar-refractivity contribution in [2.75, 3.05) is 26.2 Å². The molecule has 1 saturated heterocycles. The number of aliphatic hydroxyl groups is 1. The zero-order valence-electron chi connectivity index (χ0n) is 14.9. The van der Waals surface area contributed by atoms with Gasteiger partial charge in [-0.25, -0.2) is 0 Å². The highest BCUT2D eigenvalue weighted by Crippen LogP contribution is 2.19. The molecule has 2 aromatic rings. The number of fused-ring (bicyclic) bond motifs is 1. The highest BCUT2D eigenvalue weighted by atomic mass is 16.3. The van der Waals surface area contributed by atoms with Gasteiger partial charge in [-0.15, -0.1) is 0 Å². The highest BCUT2D eigenvalue weighted by Gasteiger charge is 2.20. The molecule has 1 aromatic carbocycles. The SMILES string of the molecule is Cc1ccc2nccc(C(=O)NCCCN3CCCC[C@@H]3CO)c2c1. The van der Waals surface area contributed by atoms with E-state index in [4.69, 9.17) is 0 Å². The van der Waals surface area contributed by atoms with Crippen molar-refractivity contribution < 1.29 is 9.90 Å². The van der Waals surface area contributed by atoms with Gasteiger partial charge in [-0.2, -0.15) is 0 Å². The number of aromatic nitrogens is 1. The van der Waals surface area contributed by atoms with Crippen molar-refractivity contribution >= 4 is 16.8 Å². The van der Waals surface area contributed by atoms with Gasteiger partial charge < -0.3 is 10.4 Å². The van der Waals surface area contributed by atoms with E-state index in [1.807, 2.05) is 25.1 Å². The topological polar surface area (TPSA) is 65.5 Å². The predicted molar refractivity (Wildman–Crippen MR) is 99.7 cm³/mol. The summed E-state index contributed by atoms with van der Waals surface area (Å²) in [6, 6.07) is 8.04. The Morgan fingerprint density at radius 2 is 2.24 bits per heavy atom. The summed E-state index contributed by atoms with van der Waals surface area (Å²) in [6.45, 7) is 4.86. The normalized spacial score (nSPS) is 18.4. The molecule has 1 aliphatic rings. The van der Waals surface area contributed by atoms with Gasteiger partial charge in [0.25, 0.3) is 5.91 Å². The molecule has 1 atom stereocenters. The number of amides is 1. The summed E-state index contributed by atoms with van der Waals surface area (Å²) in [4.78, 5) is 19.2. The minimum atomic E-state index is -0.0460. The van der Waals surface area contributed by atoms with E-state index in [9.17, 15) is 9.90 Å². The van der Waals surface area contributed by atoms with Crippen molar-refractivity contribution in [2.45, 2.75) is 38.6 Å². The van der Waals surface area contributed by atoms with E-state index in [2.05, 4.69) is 15.2 Å². The molecule has 2 N–H and O–H groups in total. The van der Waals surface area contributed by atoms with Crippen LogP contribution in [0.2, 0.25) is 0 Å². The molecule has 134 valence electrons. The Morgan fingerprint density at radius 1 is 1.36 bits per heavy atom. The highest BCUT2D eigenvalue weighted by molar-refractivity contribution is 6.06. The third-order valence-electron chi connectivity index (χ3n) is 5.01. The lowest BCUT2D eigenvalue weighted by Crippen LogP contribution is -2.43. The van der Waals surface area contributed by atoms with E-state index >= 15 is 0 Å². The number of rotatable bonds is 6. The molecular formula is C20H27N3O2. The molecule has 0 spiro atoms. The summed E-state index contributed by atoms with van der Waals surface area (Å²) in [5.74, 6) is -0.0460. The fraction of sp³-hybridized carbons (Fsp3) is 0.500. The van der Waals surface area contributed by atoms with Crippen LogP contribution in [0.25, 0.3) is 10.9 Å². The Morgan fingerprint density at radius 3 is 3.08 bits per heavy atom. The number of hydrogen-bond donors (Lipinski definition) is 2. The second-order valence-corrected chi connectivity index (χ2v) is 6.86. The summed E-state index contributed by atoms with van der Waals surface area (Å²) in [5, 5.41) is 13.4. The van der Waals surface area contributed by atoms with Gasteiger partial charge in [-0.05, 0) is 50.9 Å². The maximum absolute atomic E-state index is 12.5. The number of benzene rings is 1. The number of aryl methyl sites for hydroxylation is 1. The molecule has 1 fully saturated rings. The second-order valence-electron chi connectivity index (χ2n) is 6.86. The molecular weight excluding hydrogens is 314 g/mol. The number of piperidine rings is 1. The average molecular weight is 341 g/mol. The van der Waals surface area contributed by atoms with Crippen LogP contribution in [0.1, 0.15) is 41.6 Å². The Balaban J connectivity index is 1.55. The van der Waals surface area contributed by atoms with E-state index < -0.39 is 0 Å². The minimum absolute atomic E-state index is 0.0460. The van der Waals surface area contributed by atoms with Crippen molar-refractivity contribution in [3.8, 4) is 0 Å². The Hall–Kier alpha value is -1.98. The van der Waals surface area contributed by atoms with Gasteiger partial charge in [-0.3, -0.25) is 14.7 Å². The van der Waals surface area contributed by atoms with Crippen molar-refractivity contribution in [1.82, 2.24) is 15.2 Å². The molecule has 0 bridgehead atoms. The van der Waals surface area contributed by atoms with Gasteiger partial charge in [-0.1, -0.05) is 18.1 Å². The summed E-state index contributed by atoms with van der Waals surface area (Å²) >= 11 is 0. The van der Waals surface area contributed by atoms with Gasteiger partial charge >= 0.3 is 0 Å². The van der Waals surface area contributed by atoms with Crippen molar-refractivity contribution in [1.29, 1.82) is 0 Å². The van der Waals surface area contributed by atoms with Crippen LogP contribution in [-0.4, -0.2) is 53.2 Å². The molecule has 3 rings (SSSR count). The van der Waals surface area contributed by atoms with Gasteiger partial charge in [0, 0.05) is 30.7 Å². The van der Waals surface area contributed by atoms with E-state index in [1.54, 1.807) is 12.3 Å². The lowest BCUT2D eigenvalue weighted by molar-refractivity contribution is 0.0868. The van der Waals surface area contributed by atoms with Crippen molar-refractivity contribution in [3.63, 3.8) is 0 Å². The lowest BCUT2D eigenvalue weighted by Gasteiger charge is -2.34. The van der Waals surface area contributed by atoms with E-state index in [0.717, 1.165) is 42.4 Å². The molecule has 5 heteroatoms. The molecule has 25 heavy (non-hydrogen) atoms. The molecule has 5 nitrogen and oxygen atoms in total. The predicted octanol–water partition coefficient (Wildman–Crippen LogP) is 2.51. The molecule has 0 aliphatic carbocycles. The first kappa shape index (κ1) is 17.8. The molecule has 1 aromatic heterocycles. The maximum atomic E-state index is 12.5. The van der Waals surface area contributed by atoms with Gasteiger partial charge in [0.2, 0.25) is 0 Å². The maximum Gasteiger partial charge on any atom is 0.252 e. The lowest BCUT2D eigenvalue weighted by atomic mass is 10.0. The third kappa shape index (κ3) is 4.35. The first-order valence-corrected chi connectivity index (χ1v) is 9.17. The number of carbonyl (C=O) groups is 1. The summed E-state index contributed by atoms with van der Waals surface area (Å²) in [5.41, 5.74) is 2.65. The number of nitrogens with zero attached hydrogens (tertiary/aromatic N) is 2. The average Bonchev–Trinajstić information content (AvgIpc) is 2.64. The summed E-state index contributed by atoms with van der Waals surface area (Å²) in [6.07, 6.45) is 6.06. The van der Waals surface area contributed by atoms with Crippen LogP contribution in [0.15, 0.2) is 30.5 Å². The van der Waals surface area contributed by atoms with Crippen LogP contribution in [0.5, 0.6) is 0 Å². The Bertz CT molecular complexity index is 732. The number of pyridine rings is 1. The summed E-state index contributed by atoms with van der Waals surface area (Å²) in [7, 11) is 0. The molecule has 0 radical (unpaired) electrons. The van der Waals surface area contributed by atoms with Gasteiger partial charge in [0.05, 0.1) is 17.7 Å². The molecule has 2 heterocycles. The molecule has 0 unspecified atom stereocenters. The van der Waals surface area contributed by atoms with Crippen LogP contribution in [0.4, 0.5) is 0 Å². The second kappa shape index (κ2) is 8.41. The quantitative estimate of drug-likeness (QED) is 0.793. The number of nitrogens with one attached hydrogen (secondary N) is 1. The minimum Gasteiger partial charge on any atom is -0.395 e. The third-order valence-corrected chi connectivity index (χ3v) is 5.01. The van der Waals surface area contributed by atoms with E-state index in [1.165, 1.54) is 12.8 Å². The van der Waals surface area contributed by atoms with Crippen molar-refractivity contribution in [3.05, 3.63) is 41.6 Å². The number of aliphatic hydroxyl groups excluding tert-OH is 1. The number of carbonyl (C=O) groups excluding carboxylic acids is 1. The van der Waals surface area contributed by atoms with Crippen LogP contribution in [0, 0.1) is 6.92 Å². The fourth-order valence-corrected chi connectivity index (χ4v) is 3.60. The van der Waals surface area contributed by atoms with Crippen LogP contribution >= 0.6 is 0 Å². The molecule has 1 aliphatic heterocycles. The number of hydrogen-bond acceptors (Lipinski definition) is 4. The zero-order chi connectivity index (χ0) is 17.6. The van der Waals surface area contributed by atoms with Gasteiger partial charge in [0.1, 0.15) is 0 Å². The number of likely N-dealkylation sites (tertiary alicyclic amines) is 1. The van der Waals surface area contributed by atoms with Crippen LogP contribution < -0.4 is 5.32 Å².